The third-order valence-electron chi connectivity index (χ3n) is 4.24. The number of para-hydroxylation sites is 2. The largest absolute Gasteiger partial charge is 0.331 e. The molecule has 2 atom stereocenters. The number of halogens is 1. The number of alkyl halides is 1. The van der Waals surface area contributed by atoms with Gasteiger partial charge in [-0.15, -0.1) is 0 Å². The van der Waals surface area contributed by atoms with Crippen LogP contribution in [0.1, 0.15) is 32.0 Å². The Hall–Kier alpha value is -0.830. The van der Waals surface area contributed by atoms with Crippen molar-refractivity contribution in [2.24, 2.45) is 12.5 Å². The fourth-order valence-corrected chi connectivity index (χ4v) is 4.15. The average molecular weight is 307 g/mol. The van der Waals surface area contributed by atoms with Crippen molar-refractivity contribution in [3.05, 3.63) is 30.1 Å². The smallest absolute Gasteiger partial charge is 0.110 e. The molecule has 0 radical (unpaired) electrons. The maximum Gasteiger partial charge on any atom is 0.110 e. The van der Waals surface area contributed by atoms with Gasteiger partial charge < -0.3 is 4.57 Å². The van der Waals surface area contributed by atoms with Crippen molar-refractivity contribution in [3.8, 4) is 0 Å². The lowest BCUT2D eigenvalue weighted by Gasteiger charge is -2.23. The van der Waals surface area contributed by atoms with Crippen molar-refractivity contribution in [2.45, 2.75) is 37.4 Å². The van der Waals surface area contributed by atoms with Crippen LogP contribution in [0.4, 0.5) is 0 Å². The van der Waals surface area contributed by atoms with Crippen molar-refractivity contribution in [2.75, 3.05) is 0 Å². The van der Waals surface area contributed by atoms with E-state index in [1.807, 2.05) is 0 Å². The fourth-order valence-electron chi connectivity index (χ4n) is 3.14. The summed E-state index contributed by atoms with van der Waals surface area (Å²) >= 11 is 3.75. The highest BCUT2D eigenvalue weighted by Crippen LogP contribution is 2.43. The Kier molecular flexibility index (Phi) is 2.97. The second kappa shape index (κ2) is 4.37. The van der Waals surface area contributed by atoms with Gasteiger partial charge in [-0.3, -0.25) is 0 Å². The Bertz CT molecular complexity index is 575. The zero-order chi connectivity index (χ0) is 12.8. The first-order valence-electron chi connectivity index (χ1n) is 6.62. The second-order valence-electron chi connectivity index (χ2n) is 5.90. The van der Waals surface area contributed by atoms with Gasteiger partial charge in [-0.05, 0) is 36.8 Å². The monoisotopic (exact) mass is 306 g/mol. The van der Waals surface area contributed by atoms with Crippen molar-refractivity contribution in [3.63, 3.8) is 0 Å². The molecule has 0 aliphatic heterocycles. The minimum absolute atomic E-state index is 0.406. The topological polar surface area (TPSA) is 17.8 Å². The third-order valence-corrected chi connectivity index (χ3v) is 5.02. The fraction of sp³-hybridized carbons (Fsp3) is 0.533. The van der Waals surface area contributed by atoms with Crippen LogP contribution in [0.2, 0.25) is 0 Å². The number of hydrogen-bond donors (Lipinski definition) is 0. The van der Waals surface area contributed by atoms with E-state index in [1.165, 1.54) is 30.6 Å². The van der Waals surface area contributed by atoms with Crippen molar-refractivity contribution < 1.29 is 0 Å². The van der Waals surface area contributed by atoms with Gasteiger partial charge in [0.2, 0.25) is 0 Å². The lowest BCUT2D eigenvalue weighted by molar-refractivity contribution is 0.325. The quantitative estimate of drug-likeness (QED) is 0.765. The minimum atomic E-state index is 0.406. The molecular weight excluding hydrogens is 288 g/mol. The van der Waals surface area contributed by atoms with Crippen molar-refractivity contribution in [1.82, 2.24) is 9.55 Å². The summed E-state index contributed by atoms with van der Waals surface area (Å²) in [5, 5.41) is 0. The molecule has 2 unspecified atom stereocenters. The third kappa shape index (κ3) is 2.09. The molecule has 96 valence electrons. The summed E-state index contributed by atoms with van der Waals surface area (Å²) in [6.07, 6.45) is 4.93. The van der Waals surface area contributed by atoms with Gasteiger partial charge in [0.1, 0.15) is 5.82 Å². The van der Waals surface area contributed by atoms with E-state index in [-0.39, 0.29) is 0 Å². The van der Waals surface area contributed by atoms with Crippen LogP contribution < -0.4 is 0 Å². The summed E-state index contributed by atoms with van der Waals surface area (Å²) in [4.78, 5) is 5.49. The molecule has 0 spiro atoms. The summed E-state index contributed by atoms with van der Waals surface area (Å²) in [5.74, 6) is 1.22. The standard InChI is InChI=1S/C15H19BrN2/c1-15(8-7-11(16)9-15)10-14-17-12-5-3-4-6-13(12)18(14)2/h3-6,11H,7-10H2,1-2H3. The SMILES string of the molecule is Cn1c(CC2(C)CCC(Br)C2)nc2ccccc21. The van der Waals surface area contributed by atoms with Gasteiger partial charge in [0.15, 0.2) is 0 Å². The molecular formula is C15H19BrN2. The van der Waals surface area contributed by atoms with Crippen LogP contribution in [-0.2, 0) is 13.5 Å². The first-order valence-corrected chi connectivity index (χ1v) is 7.53. The van der Waals surface area contributed by atoms with E-state index >= 15 is 0 Å². The molecule has 1 aliphatic rings. The molecule has 1 aromatic heterocycles. The molecule has 1 aliphatic carbocycles. The molecule has 2 nitrogen and oxygen atoms in total. The van der Waals surface area contributed by atoms with Gasteiger partial charge in [-0.25, -0.2) is 4.98 Å². The highest BCUT2D eigenvalue weighted by atomic mass is 79.9. The predicted octanol–water partition coefficient (Wildman–Crippen LogP) is 4.07. The summed E-state index contributed by atoms with van der Waals surface area (Å²) in [5.41, 5.74) is 2.76. The maximum atomic E-state index is 4.79. The Morgan fingerprint density at radius 1 is 1.44 bits per heavy atom. The number of aromatic nitrogens is 2. The molecule has 0 amide bonds. The van der Waals surface area contributed by atoms with Crippen molar-refractivity contribution >= 4 is 27.0 Å². The molecule has 1 heterocycles. The zero-order valence-corrected chi connectivity index (χ0v) is 12.6. The number of fused-ring (bicyclic) bond motifs is 1. The summed E-state index contributed by atoms with van der Waals surface area (Å²) < 4.78 is 2.25. The van der Waals surface area contributed by atoms with E-state index < -0.39 is 0 Å². The van der Waals surface area contributed by atoms with Crippen LogP contribution in [-0.4, -0.2) is 14.4 Å². The molecule has 1 aromatic carbocycles. The zero-order valence-electron chi connectivity index (χ0n) is 11.0. The van der Waals surface area contributed by atoms with Crippen LogP contribution in [0.15, 0.2) is 24.3 Å². The van der Waals surface area contributed by atoms with E-state index in [0.29, 0.717) is 10.2 Å². The number of imidazole rings is 1. The molecule has 2 aromatic rings. The van der Waals surface area contributed by atoms with Gasteiger partial charge in [-0.2, -0.15) is 0 Å². The average Bonchev–Trinajstić information content (AvgIpc) is 2.82. The van der Waals surface area contributed by atoms with E-state index in [2.05, 4.69) is 58.7 Å². The summed E-state index contributed by atoms with van der Waals surface area (Å²) in [6.45, 7) is 2.40. The Morgan fingerprint density at radius 2 is 2.22 bits per heavy atom. The van der Waals surface area contributed by atoms with Crippen LogP contribution in [0.5, 0.6) is 0 Å². The van der Waals surface area contributed by atoms with Gasteiger partial charge >= 0.3 is 0 Å². The van der Waals surface area contributed by atoms with Gasteiger partial charge in [-0.1, -0.05) is 35.0 Å². The molecule has 0 N–H and O–H groups in total. The Balaban J connectivity index is 1.93. The lowest BCUT2D eigenvalue weighted by atomic mass is 9.85. The molecule has 1 fully saturated rings. The minimum Gasteiger partial charge on any atom is -0.331 e. The van der Waals surface area contributed by atoms with Gasteiger partial charge in [0.25, 0.3) is 0 Å². The first-order chi connectivity index (χ1) is 8.57. The number of aryl methyl sites for hydroxylation is 1. The van der Waals surface area contributed by atoms with E-state index in [9.17, 15) is 0 Å². The number of hydrogen-bond acceptors (Lipinski definition) is 1. The number of rotatable bonds is 2. The van der Waals surface area contributed by atoms with Crippen LogP contribution >= 0.6 is 15.9 Å². The second-order valence-corrected chi connectivity index (χ2v) is 7.20. The molecule has 1 saturated carbocycles. The Morgan fingerprint density at radius 3 is 2.89 bits per heavy atom. The van der Waals surface area contributed by atoms with E-state index in [0.717, 1.165) is 11.9 Å². The first kappa shape index (κ1) is 12.2. The number of nitrogens with zero attached hydrogens (tertiary/aromatic N) is 2. The van der Waals surface area contributed by atoms with Crippen LogP contribution in [0.25, 0.3) is 11.0 Å². The van der Waals surface area contributed by atoms with Crippen LogP contribution in [0, 0.1) is 5.41 Å². The van der Waals surface area contributed by atoms with Gasteiger partial charge in [0, 0.05) is 18.3 Å². The van der Waals surface area contributed by atoms with E-state index in [4.69, 9.17) is 4.98 Å². The predicted molar refractivity (Wildman–Crippen MR) is 79.1 cm³/mol. The van der Waals surface area contributed by atoms with Crippen molar-refractivity contribution in [1.29, 1.82) is 0 Å². The number of benzene rings is 1. The van der Waals surface area contributed by atoms with Crippen LogP contribution in [0.3, 0.4) is 0 Å². The molecule has 0 saturated heterocycles. The van der Waals surface area contributed by atoms with E-state index in [1.54, 1.807) is 0 Å². The molecule has 3 rings (SSSR count). The Labute approximate surface area is 117 Å². The molecule has 18 heavy (non-hydrogen) atoms. The highest BCUT2D eigenvalue weighted by molar-refractivity contribution is 9.09. The summed E-state index contributed by atoms with van der Waals surface area (Å²) in [6, 6.07) is 8.39. The highest BCUT2D eigenvalue weighted by Gasteiger charge is 2.35. The maximum absolute atomic E-state index is 4.79. The van der Waals surface area contributed by atoms with Gasteiger partial charge in [0.05, 0.1) is 11.0 Å². The normalized spacial score (nSPS) is 28.1. The lowest BCUT2D eigenvalue weighted by Crippen LogP contribution is -2.18. The summed E-state index contributed by atoms with van der Waals surface area (Å²) in [7, 11) is 2.13. The molecule has 0 bridgehead atoms. The molecule has 3 heteroatoms.